The number of nitrogens with two attached hydrogens (primary N) is 1. The number of fused-ring (bicyclic) bond motifs is 2. The molecule has 30 heavy (non-hydrogen) atoms. The van der Waals surface area contributed by atoms with E-state index in [2.05, 4.69) is 19.9 Å². The number of nitrogens with zero attached hydrogens (tertiary/aromatic N) is 4. The van der Waals surface area contributed by atoms with Gasteiger partial charge >= 0.3 is 0 Å². The summed E-state index contributed by atoms with van der Waals surface area (Å²) in [5.74, 6) is 1.62. The van der Waals surface area contributed by atoms with Gasteiger partial charge in [-0.2, -0.15) is 0 Å². The second kappa shape index (κ2) is 8.20. The van der Waals surface area contributed by atoms with E-state index in [0.29, 0.717) is 36.6 Å². The standard InChI is InChI=1S/C22H26FN5O2/c23-16-5-7-20-19(10-16)22(26-30-20)28-9-8-27-12-15(4-6-18(27)13-28)14-29-21-3-1-2-17(11-24)25-21/h1-3,5,7,10,15,18H,4,6,8-9,11-14,24H2. The van der Waals surface area contributed by atoms with E-state index in [4.69, 9.17) is 15.0 Å². The number of rotatable bonds is 5. The molecule has 1 aromatic carbocycles. The Kier molecular flexibility index (Phi) is 5.26. The van der Waals surface area contributed by atoms with E-state index in [1.54, 1.807) is 6.07 Å². The van der Waals surface area contributed by atoms with E-state index in [9.17, 15) is 4.39 Å². The highest BCUT2D eigenvalue weighted by molar-refractivity contribution is 5.88. The van der Waals surface area contributed by atoms with Crippen molar-refractivity contribution in [1.82, 2.24) is 15.0 Å². The van der Waals surface area contributed by atoms with Crippen LogP contribution in [0.2, 0.25) is 0 Å². The first-order chi connectivity index (χ1) is 14.7. The maximum Gasteiger partial charge on any atom is 0.213 e. The monoisotopic (exact) mass is 411 g/mol. The number of ether oxygens (including phenoxy) is 1. The normalized spacial score (nSPS) is 22.3. The van der Waals surface area contributed by atoms with Gasteiger partial charge < -0.3 is 19.9 Å². The minimum Gasteiger partial charge on any atom is -0.477 e. The van der Waals surface area contributed by atoms with Gasteiger partial charge in [-0.1, -0.05) is 11.2 Å². The first kappa shape index (κ1) is 19.3. The van der Waals surface area contributed by atoms with Crippen LogP contribution in [0, 0.1) is 11.7 Å². The molecule has 0 saturated carbocycles. The predicted octanol–water partition coefficient (Wildman–Crippen LogP) is 2.80. The highest BCUT2D eigenvalue weighted by Crippen LogP contribution is 2.31. The lowest BCUT2D eigenvalue weighted by Gasteiger charge is -2.46. The Morgan fingerprint density at radius 3 is 3.00 bits per heavy atom. The van der Waals surface area contributed by atoms with Gasteiger partial charge in [-0.15, -0.1) is 0 Å². The van der Waals surface area contributed by atoms with Gasteiger partial charge in [0, 0.05) is 50.7 Å². The van der Waals surface area contributed by atoms with Crippen molar-refractivity contribution in [3.8, 4) is 5.88 Å². The number of hydrogen-bond acceptors (Lipinski definition) is 7. The molecule has 2 fully saturated rings. The van der Waals surface area contributed by atoms with Crippen LogP contribution in [-0.4, -0.2) is 53.9 Å². The Hall–Kier alpha value is -2.71. The van der Waals surface area contributed by atoms with Gasteiger partial charge in [0.2, 0.25) is 5.88 Å². The van der Waals surface area contributed by atoms with Crippen LogP contribution >= 0.6 is 0 Å². The summed E-state index contributed by atoms with van der Waals surface area (Å²) in [4.78, 5) is 9.19. The molecule has 0 bridgehead atoms. The van der Waals surface area contributed by atoms with Crippen LogP contribution in [0.1, 0.15) is 18.5 Å². The fraction of sp³-hybridized carbons (Fsp3) is 0.455. The van der Waals surface area contributed by atoms with Gasteiger partial charge in [-0.05, 0) is 37.1 Å². The zero-order valence-corrected chi connectivity index (χ0v) is 16.8. The highest BCUT2D eigenvalue weighted by atomic mass is 19.1. The Morgan fingerprint density at radius 1 is 1.17 bits per heavy atom. The molecule has 2 aromatic heterocycles. The molecule has 2 N–H and O–H groups in total. The SMILES string of the molecule is NCc1cccc(OCC2CCC3CN(c4noc5ccc(F)cc45)CCN3C2)n1. The number of anilines is 1. The minimum absolute atomic E-state index is 0.266. The van der Waals surface area contributed by atoms with E-state index in [-0.39, 0.29) is 5.82 Å². The molecule has 4 heterocycles. The van der Waals surface area contributed by atoms with E-state index in [0.717, 1.165) is 55.9 Å². The van der Waals surface area contributed by atoms with Crippen LogP contribution < -0.4 is 15.4 Å². The number of halogens is 1. The first-order valence-corrected chi connectivity index (χ1v) is 10.5. The van der Waals surface area contributed by atoms with Crippen molar-refractivity contribution in [1.29, 1.82) is 0 Å². The van der Waals surface area contributed by atoms with Crippen molar-refractivity contribution in [2.45, 2.75) is 25.4 Å². The van der Waals surface area contributed by atoms with Crippen molar-refractivity contribution in [3.63, 3.8) is 0 Å². The summed E-state index contributed by atoms with van der Waals surface area (Å²) in [6, 6.07) is 10.7. The number of piperazine rings is 1. The molecular weight excluding hydrogens is 385 g/mol. The Balaban J connectivity index is 1.19. The number of pyridine rings is 1. The zero-order chi connectivity index (χ0) is 20.5. The second-order valence-corrected chi connectivity index (χ2v) is 8.17. The van der Waals surface area contributed by atoms with Gasteiger partial charge in [0.15, 0.2) is 11.4 Å². The maximum absolute atomic E-state index is 13.7. The quantitative estimate of drug-likeness (QED) is 0.691. The highest BCUT2D eigenvalue weighted by Gasteiger charge is 2.34. The number of aromatic nitrogens is 2. The fourth-order valence-electron chi connectivity index (χ4n) is 4.57. The number of benzene rings is 1. The van der Waals surface area contributed by atoms with Gasteiger partial charge in [0.05, 0.1) is 17.7 Å². The molecule has 158 valence electrons. The molecule has 2 aliphatic rings. The van der Waals surface area contributed by atoms with E-state index in [1.165, 1.54) is 12.1 Å². The summed E-state index contributed by atoms with van der Waals surface area (Å²) in [6.45, 7) is 4.78. The third-order valence-electron chi connectivity index (χ3n) is 6.18. The molecule has 2 atom stereocenters. The molecule has 7 nitrogen and oxygen atoms in total. The Bertz CT molecular complexity index is 1030. The van der Waals surface area contributed by atoms with Gasteiger partial charge in [0.1, 0.15) is 5.82 Å². The minimum atomic E-state index is -0.266. The Labute approximate surface area is 174 Å². The van der Waals surface area contributed by atoms with Gasteiger partial charge in [-0.25, -0.2) is 9.37 Å². The average molecular weight is 411 g/mol. The van der Waals surface area contributed by atoms with Crippen LogP contribution in [0.3, 0.4) is 0 Å². The van der Waals surface area contributed by atoms with Crippen molar-refractivity contribution in [2.75, 3.05) is 37.7 Å². The van der Waals surface area contributed by atoms with Gasteiger partial charge in [-0.3, -0.25) is 4.90 Å². The van der Waals surface area contributed by atoms with Crippen LogP contribution in [0.15, 0.2) is 40.9 Å². The third kappa shape index (κ3) is 3.85. The summed E-state index contributed by atoms with van der Waals surface area (Å²) in [5.41, 5.74) is 7.12. The molecule has 0 amide bonds. The predicted molar refractivity (Wildman–Crippen MR) is 112 cm³/mol. The molecule has 0 spiro atoms. The zero-order valence-electron chi connectivity index (χ0n) is 16.8. The number of piperidine rings is 1. The molecule has 2 aliphatic heterocycles. The Morgan fingerprint density at radius 2 is 2.10 bits per heavy atom. The first-order valence-electron chi connectivity index (χ1n) is 10.5. The van der Waals surface area contributed by atoms with Crippen molar-refractivity contribution in [3.05, 3.63) is 47.9 Å². The van der Waals surface area contributed by atoms with Crippen LogP contribution in [0.25, 0.3) is 11.0 Å². The molecule has 5 rings (SSSR count). The average Bonchev–Trinajstić information content (AvgIpc) is 3.20. The molecule has 0 aliphatic carbocycles. The molecule has 2 saturated heterocycles. The fourth-order valence-corrected chi connectivity index (χ4v) is 4.57. The van der Waals surface area contributed by atoms with E-state index < -0.39 is 0 Å². The third-order valence-corrected chi connectivity index (χ3v) is 6.18. The summed E-state index contributed by atoms with van der Waals surface area (Å²) in [5, 5.41) is 4.97. The maximum atomic E-state index is 13.7. The van der Waals surface area contributed by atoms with Crippen LogP contribution in [0.5, 0.6) is 5.88 Å². The second-order valence-electron chi connectivity index (χ2n) is 8.17. The van der Waals surface area contributed by atoms with Crippen LogP contribution in [-0.2, 0) is 6.54 Å². The topological polar surface area (TPSA) is 80.7 Å². The van der Waals surface area contributed by atoms with E-state index in [1.807, 2.05) is 18.2 Å². The lowest BCUT2D eigenvalue weighted by Crippen LogP contribution is -2.57. The molecule has 8 heteroatoms. The summed E-state index contributed by atoms with van der Waals surface area (Å²) >= 11 is 0. The summed E-state index contributed by atoms with van der Waals surface area (Å²) in [6.07, 6.45) is 2.21. The largest absolute Gasteiger partial charge is 0.477 e. The lowest BCUT2D eigenvalue weighted by atomic mass is 9.91. The lowest BCUT2D eigenvalue weighted by molar-refractivity contribution is 0.0716. The molecule has 0 radical (unpaired) electrons. The smallest absolute Gasteiger partial charge is 0.213 e. The van der Waals surface area contributed by atoms with E-state index >= 15 is 0 Å². The molecule has 2 unspecified atom stereocenters. The summed E-state index contributed by atoms with van der Waals surface area (Å²) in [7, 11) is 0. The molecular formula is C22H26FN5O2. The van der Waals surface area contributed by atoms with Crippen LogP contribution in [0.4, 0.5) is 10.2 Å². The van der Waals surface area contributed by atoms with Gasteiger partial charge in [0.25, 0.3) is 0 Å². The number of hydrogen-bond donors (Lipinski definition) is 1. The summed E-state index contributed by atoms with van der Waals surface area (Å²) < 4.78 is 25.0. The molecule has 3 aromatic rings. The van der Waals surface area contributed by atoms with Crippen molar-refractivity contribution >= 4 is 16.8 Å². The van der Waals surface area contributed by atoms with Crippen molar-refractivity contribution < 1.29 is 13.7 Å². The van der Waals surface area contributed by atoms with Crippen molar-refractivity contribution in [2.24, 2.45) is 11.7 Å².